The molecule has 1 saturated heterocycles. The standard InChI is InChI=1S/C20H22FN5O2S/c1-13-2-3-17-16(10-13)23-19(29-17)24-20(28)26-7-5-25(6-8-26)18-15(21)11-14(4-9-27)12-22-18/h2-3,10-12,27H,4-9H2,1H3,(H,23,24,28). The van der Waals surface area contributed by atoms with E-state index >= 15 is 0 Å². The quantitative estimate of drug-likeness (QED) is 0.685. The van der Waals surface area contributed by atoms with Crippen molar-refractivity contribution in [1.29, 1.82) is 0 Å². The van der Waals surface area contributed by atoms with Crippen LogP contribution in [0.3, 0.4) is 0 Å². The van der Waals surface area contributed by atoms with Crippen LogP contribution in [0.2, 0.25) is 0 Å². The van der Waals surface area contributed by atoms with Crippen molar-refractivity contribution >= 4 is 38.5 Å². The first-order valence-corrected chi connectivity index (χ1v) is 10.3. The highest BCUT2D eigenvalue weighted by atomic mass is 32.1. The van der Waals surface area contributed by atoms with Crippen LogP contribution in [0.4, 0.5) is 20.1 Å². The summed E-state index contributed by atoms with van der Waals surface area (Å²) >= 11 is 1.45. The van der Waals surface area contributed by atoms with Crippen LogP contribution in [0.15, 0.2) is 30.5 Å². The molecule has 0 radical (unpaired) electrons. The Kier molecular flexibility index (Phi) is 5.59. The molecule has 29 heavy (non-hydrogen) atoms. The van der Waals surface area contributed by atoms with E-state index in [1.807, 2.05) is 30.0 Å². The molecule has 152 valence electrons. The average molecular weight is 415 g/mol. The van der Waals surface area contributed by atoms with E-state index in [1.165, 1.54) is 17.4 Å². The highest BCUT2D eigenvalue weighted by Crippen LogP contribution is 2.27. The topological polar surface area (TPSA) is 81.6 Å². The smallest absolute Gasteiger partial charge is 0.323 e. The van der Waals surface area contributed by atoms with Crippen molar-refractivity contribution in [1.82, 2.24) is 14.9 Å². The predicted molar refractivity (Wildman–Crippen MR) is 112 cm³/mol. The van der Waals surface area contributed by atoms with Crippen molar-refractivity contribution in [2.24, 2.45) is 0 Å². The normalized spacial score (nSPS) is 14.4. The maximum absolute atomic E-state index is 14.3. The molecule has 2 aromatic heterocycles. The summed E-state index contributed by atoms with van der Waals surface area (Å²) in [6, 6.07) is 7.23. The van der Waals surface area contributed by atoms with Gasteiger partial charge in [0.2, 0.25) is 0 Å². The largest absolute Gasteiger partial charge is 0.396 e. The van der Waals surface area contributed by atoms with E-state index in [4.69, 9.17) is 5.11 Å². The Bertz CT molecular complexity index is 1030. The molecule has 3 heterocycles. The molecule has 4 rings (SSSR count). The first kappa shape index (κ1) is 19.5. The molecule has 0 bridgehead atoms. The van der Waals surface area contributed by atoms with Gasteiger partial charge in [-0.25, -0.2) is 19.2 Å². The number of benzene rings is 1. The number of thiazole rings is 1. The van der Waals surface area contributed by atoms with Gasteiger partial charge < -0.3 is 14.9 Å². The summed E-state index contributed by atoms with van der Waals surface area (Å²) < 4.78 is 15.4. The number of rotatable bonds is 4. The number of aliphatic hydroxyl groups excluding tert-OH is 1. The number of aromatic nitrogens is 2. The van der Waals surface area contributed by atoms with Crippen molar-refractivity contribution in [2.45, 2.75) is 13.3 Å². The summed E-state index contributed by atoms with van der Waals surface area (Å²) in [7, 11) is 0. The van der Waals surface area contributed by atoms with Crippen molar-refractivity contribution in [3.8, 4) is 0 Å². The molecule has 1 aliphatic rings. The SMILES string of the molecule is Cc1ccc2sc(NC(=O)N3CCN(c4ncc(CCO)cc4F)CC3)nc2c1. The molecule has 1 aromatic carbocycles. The van der Waals surface area contributed by atoms with Gasteiger partial charge in [0.1, 0.15) is 0 Å². The second-order valence-corrected chi connectivity index (χ2v) is 8.05. The van der Waals surface area contributed by atoms with Gasteiger partial charge in [-0.05, 0) is 42.7 Å². The number of nitrogens with one attached hydrogen (secondary N) is 1. The van der Waals surface area contributed by atoms with Crippen LogP contribution in [-0.4, -0.2) is 58.8 Å². The van der Waals surface area contributed by atoms with Crippen molar-refractivity contribution in [3.05, 3.63) is 47.4 Å². The number of anilines is 2. The Morgan fingerprint density at radius 1 is 1.28 bits per heavy atom. The number of fused-ring (bicyclic) bond motifs is 1. The molecule has 0 saturated carbocycles. The third-order valence-electron chi connectivity index (χ3n) is 4.90. The number of nitrogens with zero attached hydrogens (tertiary/aromatic N) is 4. The number of hydrogen-bond donors (Lipinski definition) is 2. The van der Waals surface area contributed by atoms with Crippen LogP contribution in [-0.2, 0) is 6.42 Å². The summed E-state index contributed by atoms with van der Waals surface area (Å²) in [5, 5.41) is 12.4. The van der Waals surface area contributed by atoms with Gasteiger partial charge in [0.05, 0.1) is 10.2 Å². The lowest BCUT2D eigenvalue weighted by Gasteiger charge is -2.35. The second-order valence-electron chi connectivity index (χ2n) is 7.02. The number of aryl methyl sites for hydroxylation is 1. The number of amides is 2. The van der Waals surface area contributed by atoms with Gasteiger partial charge in [-0.1, -0.05) is 17.4 Å². The third kappa shape index (κ3) is 4.30. The molecule has 2 amide bonds. The lowest BCUT2D eigenvalue weighted by molar-refractivity contribution is 0.208. The Morgan fingerprint density at radius 3 is 2.79 bits per heavy atom. The molecule has 1 fully saturated rings. The monoisotopic (exact) mass is 415 g/mol. The van der Waals surface area contributed by atoms with Crippen molar-refractivity contribution < 1.29 is 14.3 Å². The zero-order valence-corrected chi connectivity index (χ0v) is 16.9. The molecule has 1 aliphatic heterocycles. The summed E-state index contributed by atoms with van der Waals surface area (Å²) in [5.41, 5.74) is 2.67. The zero-order valence-electron chi connectivity index (χ0n) is 16.1. The summed E-state index contributed by atoms with van der Waals surface area (Å²) in [6.07, 6.45) is 1.96. The number of piperazine rings is 1. The van der Waals surface area contributed by atoms with E-state index in [0.717, 1.165) is 15.8 Å². The number of aliphatic hydroxyl groups is 1. The van der Waals surface area contributed by atoms with E-state index in [9.17, 15) is 9.18 Å². The Hall–Kier alpha value is -2.78. The molecule has 7 nitrogen and oxygen atoms in total. The fraction of sp³-hybridized carbons (Fsp3) is 0.350. The maximum atomic E-state index is 14.3. The van der Waals surface area contributed by atoms with Gasteiger partial charge in [0.25, 0.3) is 0 Å². The molecule has 2 N–H and O–H groups in total. The van der Waals surface area contributed by atoms with E-state index in [1.54, 1.807) is 11.1 Å². The highest BCUT2D eigenvalue weighted by Gasteiger charge is 2.24. The first-order chi connectivity index (χ1) is 14.0. The molecule has 0 atom stereocenters. The Morgan fingerprint density at radius 2 is 2.07 bits per heavy atom. The molecule has 0 unspecified atom stereocenters. The van der Waals surface area contributed by atoms with Crippen molar-refractivity contribution in [3.63, 3.8) is 0 Å². The minimum atomic E-state index is -0.404. The van der Waals surface area contributed by atoms with Gasteiger partial charge in [0.15, 0.2) is 16.8 Å². The highest BCUT2D eigenvalue weighted by molar-refractivity contribution is 7.22. The van der Waals surface area contributed by atoms with Crippen LogP contribution in [0.5, 0.6) is 0 Å². The number of carbonyl (C=O) groups is 1. The fourth-order valence-electron chi connectivity index (χ4n) is 3.35. The minimum Gasteiger partial charge on any atom is -0.396 e. The summed E-state index contributed by atoms with van der Waals surface area (Å²) in [4.78, 5) is 24.8. The minimum absolute atomic E-state index is 0.0392. The number of halogens is 1. The Labute approximate surface area is 171 Å². The van der Waals surface area contributed by atoms with Crippen LogP contribution < -0.4 is 10.2 Å². The van der Waals surface area contributed by atoms with E-state index < -0.39 is 5.82 Å². The van der Waals surface area contributed by atoms with E-state index in [0.29, 0.717) is 43.3 Å². The molecule has 9 heteroatoms. The van der Waals surface area contributed by atoms with E-state index in [-0.39, 0.29) is 18.5 Å². The predicted octanol–water partition coefficient (Wildman–Crippen LogP) is 3.03. The second kappa shape index (κ2) is 8.30. The van der Waals surface area contributed by atoms with Crippen LogP contribution in [0, 0.1) is 12.7 Å². The Balaban J connectivity index is 1.36. The molecule has 3 aromatic rings. The average Bonchev–Trinajstić information content (AvgIpc) is 3.10. The van der Waals surface area contributed by atoms with Crippen LogP contribution >= 0.6 is 11.3 Å². The molecular weight excluding hydrogens is 393 g/mol. The first-order valence-electron chi connectivity index (χ1n) is 9.47. The van der Waals surface area contributed by atoms with Gasteiger partial charge in [-0.15, -0.1) is 0 Å². The van der Waals surface area contributed by atoms with Crippen LogP contribution in [0.1, 0.15) is 11.1 Å². The lowest BCUT2D eigenvalue weighted by Crippen LogP contribution is -2.50. The number of carbonyl (C=O) groups excluding carboxylic acids is 1. The lowest BCUT2D eigenvalue weighted by atomic mass is 10.2. The van der Waals surface area contributed by atoms with Gasteiger partial charge in [-0.2, -0.15) is 0 Å². The molecular formula is C20H22FN5O2S. The fourth-order valence-corrected chi connectivity index (χ4v) is 4.19. The van der Waals surface area contributed by atoms with E-state index in [2.05, 4.69) is 15.3 Å². The third-order valence-corrected chi connectivity index (χ3v) is 5.85. The maximum Gasteiger partial charge on any atom is 0.323 e. The summed E-state index contributed by atoms with van der Waals surface area (Å²) in [6.45, 7) is 3.90. The van der Waals surface area contributed by atoms with Gasteiger partial charge in [-0.3, -0.25) is 5.32 Å². The number of urea groups is 1. The van der Waals surface area contributed by atoms with Gasteiger partial charge in [0, 0.05) is 39.0 Å². The number of hydrogen-bond acceptors (Lipinski definition) is 6. The molecule has 0 aliphatic carbocycles. The zero-order chi connectivity index (χ0) is 20.4. The van der Waals surface area contributed by atoms with Crippen molar-refractivity contribution in [2.75, 3.05) is 43.0 Å². The number of pyridine rings is 1. The van der Waals surface area contributed by atoms with Gasteiger partial charge >= 0.3 is 6.03 Å². The van der Waals surface area contributed by atoms with Crippen LogP contribution in [0.25, 0.3) is 10.2 Å². The molecule has 0 spiro atoms. The summed E-state index contributed by atoms with van der Waals surface area (Å²) in [5.74, 6) is -0.119.